The number of halogens is 2. The van der Waals surface area contributed by atoms with Crippen LogP contribution in [0.15, 0.2) is 77.9 Å². The fraction of sp³-hybridized carbons (Fsp3) is 0.0833. The minimum Gasteiger partial charge on any atom is -0.334 e. The average molecular weight is 434 g/mol. The summed E-state index contributed by atoms with van der Waals surface area (Å²) in [4.78, 5) is 15.4. The molecule has 1 heterocycles. The number of carbonyl (C=O) groups is 1. The van der Waals surface area contributed by atoms with Crippen molar-refractivity contribution in [3.05, 3.63) is 99.5 Å². The Morgan fingerprint density at radius 2 is 1.63 bits per heavy atom. The van der Waals surface area contributed by atoms with Gasteiger partial charge in [0, 0.05) is 21.2 Å². The van der Waals surface area contributed by atoms with Gasteiger partial charge in [-0.15, -0.1) is 6.42 Å². The third kappa shape index (κ3) is 3.66. The Kier molecular flexibility index (Phi) is 5.76. The van der Waals surface area contributed by atoms with E-state index in [1.807, 2.05) is 59.5 Å². The average Bonchev–Trinajstić information content (AvgIpc) is 2.76. The van der Waals surface area contributed by atoms with Crippen LogP contribution in [-0.2, 0) is 0 Å². The maximum atomic E-state index is 13.4. The van der Waals surface area contributed by atoms with Crippen LogP contribution in [0.2, 0.25) is 10.0 Å². The monoisotopic (exact) mass is 433 g/mol. The molecular weight excluding hydrogens is 417 g/mol. The molecule has 3 aromatic rings. The zero-order chi connectivity index (χ0) is 21.1. The standard InChI is InChI=1S/C24H17Cl2N3O/c1-2-15-28-22-14-8-5-11-19(22)24(30)29(23(28)18-10-4-7-13-21(18)26)27-16-17-9-3-6-12-20(17)25/h1,3-14,16,23H,15H2/b27-16+. The molecule has 0 N–H and O–H groups in total. The second-order valence-corrected chi connectivity index (χ2v) is 7.47. The van der Waals surface area contributed by atoms with E-state index in [9.17, 15) is 4.79 Å². The largest absolute Gasteiger partial charge is 0.334 e. The Labute approximate surface area is 185 Å². The molecule has 0 saturated heterocycles. The fourth-order valence-corrected chi connectivity index (χ4v) is 3.89. The van der Waals surface area contributed by atoms with Gasteiger partial charge >= 0.3 is 0 Å². The van der Waals surface area contributed by atoms with E-state index in [0.717, 1.165) is 11.3 Å². The Balaban J connectivity index is 1.89. The molecule has 0 saturated carbocycles. The molecule has 1 atom stereocenters. The first-order chi connectivity index (χ1) is 14.6. The first-order valence-corrected chi connectivity index (χ1v) is 10.0. The summed E-state index contributed by atoms with van der Waals surface area (Å²) in [6, 6.07) is 22.0. The van der Waals surface area contributed by atoms with Crippen LogP contribution < -0.4 is 4.90 Å². The van der Waals surface area contributed by atoms with E-state index in [1.54, 1.807) is 24.4 Å². The van der Waals surface area contributed by atoms with Crippen molar-refractivity contribution in [3.8, 4) is 12.3 Å². The van der Waals surface area contributed by atoms with Gasteiger partial charge in [0.2, 0.25) is 0 Å². The number of amides is 1. The molecule has 148 valence electrons. The Morgan fingerprint density at radius 3 is 2.37 bits per heavy atom. The highest BCUT2D eigenvalue weighted by Gasteiger charge is 2.39. The SMILES string of the molecule is C#CCN1c2ccccc2C(=O)N(/N=C/c2ccccc2Cl)C1c1ccccc1Cl. The first-order valence-electron chi connectivity index (χ1n) is 9.27. The number of anilines is 1. The van der Waals surface area contributed by atoms with Gasteiger partial charge in [0.1, 0.15) is 0 Å². The topological polar surface area (TPSA) is 35.9 Å². The van der Waals surface area contributed by atoms with Gasteiger partial charge in [0.05, 0.1) is 24.0 Å². The highest BCUT2D eigenvalue weighted by molar-refractivity contribution is 6.33. The van der Waals surface area contributed by atoms with Crippen LogP contribution in [0.3, 0.4) is 0 Å². The summed E-state index contributed by atoms with van der Waals surface area (Å²) in [5, 5.41) is 7.00. The van der Waals surface area contributed by atoms with E-state index in [1.165, 1.54) is 5.01 Å². The minimum absolute atomic E-state index is 0.243. The van der Waals surface area contributed by atoms with Crippen molar-refractivity contribution in [2.75, 3.05) is 11.4 Å². The van der Waals surface area contributed by atoms with Crippen LogP contribution in [0.25, 0.3) is 0 Å². The van der Waals surface area contributed by atoms with Gasteiger partial charge in [0.25, 0.3) is 5.91 Å². The first kappa shape index (κ1) is 20.0. The lowest BCUT2D eigenvalue weighted by molar-refractivity contribution is 0.0660. The van der Waals surface area contributed by atoms with Gasteiger partial charge in [-0.25, -0.2) is 5.01 Å². The van der Waals surface area contributed by atoms with Crippen LogP contribution in [0.1, 0.15) is 27.7 Å². The van der Waals surface area contributed by atoms with Crippen molar-refractivity contribution in [3.63, 3.8) is 0 Å². The van der Waals surface area contributed by atoms with Crippen molar-refractivity contribution in [1.29, 1.82) is 0 Å². The van der Waals surface area contributed by atoms with Crippen LogP contribution in [-0.4, -0.2) is 23.7 Å². The molecule has 0 bridgehead atoms. The minimum atomic E-state index is -0.601. The molecule has 0 spiro atoms. The number of nitrogens with zero attached hydrogens (tertiary/aromatic N) is 3. The molecule has 4 rings (SSSR count). The van der Waals surface area contributed by atoms with Crippen LogP contribution in [0, 0.1) is 12.3 Å². The van der Waals surface area contributed by atoms with E-state index >= 15 is 0 Å². The smallest absolute Gasteiger partial charge is 0.278 e. The summed E-state index contributed by atoms with van der Waals surface area (Å²) in [7, 11) is 0. The van der Waals surface area contributed by atoms with E-state index < -0.39 is 6.17 Å². The maximum Gasteiger partial charge on any atom is 0.278 e. The Bertz CT molecular complexity index is 1170. The van der Waals surface area contributed by atoms with Gasteiger partial charge in [-0.3, -0.25) is 4.79 Å². The molecule has 4 nitrogen and oxygen atoms in total. The zero-order valence-corrected chi connectivity index (χ0v) is 17.4. The molecule has 0 aromatic heterocycles. The molecule has 0 radical (unpaired) electrons. The molecule has 0 aliphatic carbocycles. The van der Waals surface area contributed by atoms with Crippen LogP contribution in [0.5, 0.6) is 0 Å². The van der Waals surface area contributed by atoms with E-state index in [0.29, 0.717) is 21.2 Å². The number of hydrogen-bond donors (Lipinski definition) is 0. The highest BCUT2D eigenvalue weighted by Crippen LogP contribution is 2.40. The molecule has 6 heteroatoms. The molecule has 1 amide bonds. The van der Waals surface area contributed by atoms with Crippen molar-refractivity contribution < 1.29 is 4.79 Å². The van der Waals surface area contributed by atoms with Gasteiger partial charge < -0.3 is 4.90 Å². The van der Waals surface area contributed by atoms with Crippen LogP contribution in [0.4, 0.5) is 5.69 Å². The van der Waals surface area contributed by atoms with Crippen molar-refractivity contribution in [2.45, 2.75) is 6.17 Å². The van der Waals surface area contributed by atoms with Gasteiger partial charge in [-0.2, -0.15) is 5.10 Å². The quantitative estimate of drug-likeness (QED) is 0.395. The number of fused-ring (bicyclic) bond motifs is 1. The third-order valence-electron chi connectivity index (χ3n) is 4.85. The lowest BCUT2D eigenvalue weighted by Crippen LogP contribution is -2.47. The molecular formula is C24H17Cl2N3O. The second kappa shape index (κ2) is 8.62. The number of benzene rings is 3. The van der Waals surface area contributed by atoms with E-state index in [4.69, 9.17) is 29.6 Å². The number of hydrazone groups is 1. The number of rotatable bonds is 4. The lowest BCUT2D eigenvalue weighted by Gasteiger charge is -2.42. The Morgan fingerprint density at radius 1 is 0.967 bits per heavy atom. The predicted octanol–water partition coefficient (Wildman–Crippen LogP) is 5.62. The Hall–Kier alpha value is -3.26. The summed E-state index contributed by atoms with van der Waals surface area (Å²) in [5.74, 6) is 2.44. The van der Waals surface area contributed by atoms with Gasteiger partial charge in [-0.05, 0) is 24.3 Å². The molecule has 30 heavy (non-hydrogen) atoms. The summed E-state index contributed by atoms with van der Waals surface area (Å²) < 4.78 is 0. The zero-order valence-electron chi connectivity index (χ0n) is 15.9. The number of para-hydroxylation sites is 1. The van der Waals surface area contributed by atoms with Crippen molar-refractivity contribution >= 4 is 41.0 Å². The summed E-state index contributed by atoms with van der Waals surface area (Å²) in [5.41, 5.74) is 2.70. The summed E-state index contributed by atoms with van der Waals surface area (Å²) in [6.45, 7) is 0.276. The highest BCUT2D eigenvalue weighted by atomic mass is 35.5. The lowest BCUT2D eigenvalue weighted by atomic mass is 10.0. The normalized spacial score (nSPS) is 15.9. The van der Waals surface area contributed by atoms with E-state index in [-0.39, 0.29) is 12.5 Å². The molecule has 1 unspecified atom stereocenters. The summed E-state index contributed by atoms with van der Waals surface area (Å²) >= 11 is 12.8. The summed E-state index contributed by atoms with van der Waals surface area (Å²) in [6.07, 6.45) is 6.65. The predicted molar refractivity (Wildman–Crippen MR) is 122 cm³/mol. The van der Waals surface area contributed by atoms with Gasteiger partial charge in [-0.1, -0.05) is 77.7 Å². The fourth-order valence-electron chi connectivity index (χ4n) is 3.48. The van der Waals surface area contributed by atoms with Crippen LogP contribution >= 0.6 is 23.2 Å². The second-order valence-electron chi connectivity index (χ2n) is 6.66. The molecule has 1 aliphatic rings. The van der Waals surface area contributed by atoms with Gasteiger partial charge in [0.15, 0.2) is 6.17 Å². The number of hydrogen-bond acceptors (Lipinski definition) is 3. The number of carbonyl (C=O) groups excluding carboxylic acids is 1. The maximum absolute atomic E-state index is 13.4. The molecule has 3 aromatic carbocycles. The number of terminal acetylenes is 1. The van der Waals surface area contributed by atoms with E-state index in [2.05, 4.69) is 11.0 Å². The molecule has 1 aliphatic heterocycles. The van der Waals surface area contributed by atoms with Crippen molar-refractivity contribution in [1.82, 2.24) is 5.01 Å². The molecule has 0 fully saturated rings. The third-order valence-corrected chi connectivity index (χ3v) is 5.54. The van der Waals surface area contributed by atoms with Crippen molar-refractivity contribution in [2.24, 2.45) is 5.10 Å².